The Labute approximate surface area is 188 Å². The quantitative estimate of drug-likeness (QED) is 0.418. The van der Waals surface area contributed by atoms with Crippen molar-refractivity contribution < 1.29 is 36.2 Å². The molecule has 2 fully saturated rings. The lowest BCUT2D eigenvalue weighted by molar-refractivity contribution is -0.137. The summed E-state index contributed by atoms with van der Waals surface area (Å²) in [6.07, 6.45) is -3.62. The van der Waals surface area contributed by atoms with Crippen LogP contribution in [0.3, 0.4) is 0 Å². The molecule has 2 N–H and O–H groups in total. The monoisotopic (exact) mass is 485 g/mol. The molecule has 1 aliphatic carbocycles. The van der Waals surface area contributed by atoms with Gasteiger partial charge in [-0.05, 0) is 42.9 Å². The molecular formula is C21H17F6N5O2. The maximum Gasteiger partial charge on any atom is 0.417 e. The zero-order chi connectivity index (χ0) is 24.4. The molecule has 5 rings (SSSR count). The number of likely N-dealkylation sites (tertiary alicyclic amines) is 1. The molecule has 0 radical (unpaired) electrons. The third-order valence-corrected chi connectivity index (χ3v) is 6.49. The summed E-state index contributed by atoms with van der Waals surface area (Å²) >= 11 is 0. The molecule has 2 atom stereocenters. The summed E-state index contributed by atoms with van der Waals surface area (Å²) in [7, 11) is 0. The fourth-order valence-corrected chi connectivity index (χ4v) is 4.90. The first kappa shape index (κ1) is 22.3. The van der Waals surface area contributed by atoms with E-state index in [0.29, 0.717) is 31.4 Å². The highest BCUT2D eigenvalue weighted by Gasteiger charge is 2.44. The number of piperidine rings is 1. The fraction of sp³-hybridized carbons (Fsp3) is 0.381. The van der Waals surface area contributed by atoms with Crippen molar-refractivity contribution in [2.45, 2.75) is 25.1 Å². The minimum absolute atomic E-state index is 0.0321. The zero-order valence-electron chi connectivity index (χ0n) is 17.3. The number of anilines is 1. The summed E-state index contributed by atoms with van der Waals surface area (Å²) in [6, 6.07) is 1.87. The van der Waals surface area contributed by atoms with Gasteiger partial charge in [0.2, 0.25) is 5.95 Å². The van der Waals surface area contributed by atoms with Gasteiger partial charge in [-0.1, -0.05) is 0 Å². The normalized spacial score (nSPS) is 22.4. The van der Waals surface area contributed by atoms with Crippen LogP contribution in [0.5, 0.6) is 0 Å². The molecule has 1 aliphatic heterocycles. The molecule has 2 aliphatic rings. The third-order valence-electron chi connectivity index (χ3n) is 6.49. The van der Waals surface area contributed by atoms with Crippen molar-refractivity contribution >= 4 is 17.7 Å². The first-order valence-corrected chi connectivity index (χ1v) is 10.4. The Morgan fingerprint density at radius 3 is 2.35 bits per heavy atom. The lowest BCUT2D eigenvalue weighted by atomic mass is 9.92. The standard InChI is InChI=1S/C21H17F6N5O2/c22-14-4-3-12(15(23)16(14)24)13-5-11(21(25,26)27)8-32-18(13)29-19(30-32)28-17-9-1-2-10(17)7-31(6-9)20(33)34/h3-5,8-10,17H,1-2,6-7H2,(H,28,30)(H,33,34). The highest BCUT2D eigenvalue weighted by molar-refractivity contribution is 5.79. The molecule has 3 heterocycles. The Balaban J connectivity index is 1.56. The number of pyridine rings is 1. The number of fused-ring (bicyclic) bond motifs is 3. The topological polar surface area (TPSA) is 82.8 Å². The Morgan fingerprint density at radius 2 is 1.74 bits per heavy atom. The summed E-state index contributed by atoms with van der Waals surface area (Å²) in [5.74, 6) is -5.03. The predicted molar refractivity (Wildman–Crippen MR) is 107 cm³/mol. The van der Waals surface area contributed by atoms with E-state index >= 15 is 0 Å². The van der Waals surface area contributed by atoms with Gasteiger partial charge in [-0.3, -0.25) is 0 Å². The lowest BCUT2D eigenvalue weighted by Gasteiger charge is -2.36. The maximum atomic E-state index is 14.5. The van der Waals surface area contributed by atoms with Gasteiger partial charge >= 0.3 is 12.3 Å². The Kier molecular flexibility index (Phi) is 5.10. The van der Waals surface area contributed by atoms with E-state index in [-0.39, 0.29) is 29.5 Å². The van der Waals surface area contributed by atoms with Gasteiger partial charge in [0.05, 0.1) is 5.56 Å². The molecule has 1 saturated heterocycles. The third kappa shape index (κ3) is 3.68. The van der Waals surface area contributed by atoms with E-state index in [1.807, 2.05) is 0 Å². The number of carbonyl (C=O) groups is 1. The minimum Gasteiger partial charge on any atom is -0.465 e. The molecule has 7 nitrogen and oxygen atoms in total. The van der Waals surface area contributed by atoms with Crippen molar-refractivity contribution in [2.75, 3.05) is 18.4 Å². The van der Waals surface area contributed by atoms with Crippen LogP contribution in [0, 0.1) is 29.3 Å². The van der Waals surface area contributed by atoms with Crippen LogP contribution in [0.1, 0.15) is 18.4 Å². The molecule has 1 amide bonds. The van der Waals surface area contributed by atoms with Crippen LogP contribution < -0.4 is 5.32 Å². The van der Waals surface area contributed by atoms with Gasteiger partial charge in [-0.25, -0.2) is 22.5 Å². The molecule has 3 aromatic rings. The second kappa shape index (κ2) is 7.77. The van der Waals surface area contributed by atoms with E-state index in [1.54, 1.807) is 0 Å². The van der Waals surface area contributed by atoms with Crippen molar-refractivity contribution in [3.63, 3.8) is 0 Å². The number of hydrogen-bond donors (Lipinski definition) is 2. The van der Waals surface area contributed by atoms with Crippen LogP contribution in [-0.2, 0) is 6.18 Å². The number of halogens is 6. The Hall–Kier alpha value is -3.51. The molecule has 1 saturated carbocycles. The van der Waals surface area contributed by atoms with Gasteiger partial charge in [0, 0.05) is 36.5 Å². The average molecular weight is 485 g/mol. The number of hydrogen-bond acceptors (Lipinski definition) is 4. The van der Waals surface area contributed by atoms with Crippen LogP contribution in [0.2, 0.25) is 0 Å². The molecule has 2 aromatic heterocycles. The van der Waals surface area contributed by atoms with Crippen molar-refractivity contribution in [3.8, 4) is 11.1 Å². The van der Waals surface area contributed by atoms with E-state index in [1.165, 1.54) is 4.90 Å². The maximum absolute atomic E-state index is 14.5. The van der Waals surface area contributed by atoms with Crippen molar-refractivity contribution in [3.05, 3.63) is 47.4 Å². The highest BCUT2D eigenvalue weighted by atomic mass is 19.4. The zero-order valence-corrected chi connectivity index (χ0v) is 17.3. The summed E-state index contributed by atoms with van der Waals surface area (Å²) in [5, 5.41) is 16.4. The van der Waals surface area contributed by atoms with Crippen LogP contribution in [0.25, 0.3) is 16.8 Å². The van der Waals surface area contributed by atoms with E-state index in [0.717, 1.165) is 23.4 Å². The first-order chi connectivity index (χ1) is 16.0. The molecule has 2 bridgehead atoms. The number of rotatable bonds is 3. The summed E-state index contributed by atoms with van der Waals surface area (Å²) in [5.41, 5.74) is -2.36. The van der Waals surface area contributed by atoms with E-state index in [9.17, 15) is 36.2 Å². The van der Waals surface area contributed by atoms with E-state index in [4.69, 9.17) is 0 Å². The molecule has 1 aromatic carbocycles. The van der Waals surface area contributed by atoms with Crippen LogP contribution in [0.4, 0.5) is 37.1 Å². The van der Waals surface area contributed by atoms with Crippen molar-refractivity contribution in [2.24, 2.45) is 11.8 Å². The van der Waals surface area contributed by atoms with Gasteiger partial charge < -0.3 is 15.3 Å². The summed E-state index contributed by atoms with van der Waals surface area (Å²) < 4.78 is 83.0. The van der Waals surface area contributed by atoms with E-state index in [2.05, 4.69) is 15.4 Å². The number of amides is 1. The minimum atomic E-state index is -4.82. The number of benzene rings is 1. The molecule has 34 heavy (non-hydrogen) atoms. The van der Waals surface area contributed by atoms with Gasteiger partial charge in [-0.15, -0.1) is 5.10 Å². The molecule has 2 unspecified atom stereocenters. The number of nitrogens with one attached hydrogen (secondary N) is 1. The fourth-order valence-electron chi connectivity index (χ4n) is 4.90. The Bertz CT molecular complexity index is 1280. The molecule has 180 valence electrons. The predicted octanol–water partition coefficient (Wildman–Crippen LogP) is 4.63. The second-order valence-corrected chi connectivity index (χ2v) is 8.52. The first-order valence-electron chi connectivity index (χ1n) is 10.4. The van der Waals surface area contributed by atoms with Crippen LogP contribution in [-0.4, -0.2) is 49.8 Å². The summed E-state index contributed by atoms with van der Waals surface area (Å²) in [6.45, 7) is 0.612. The van der Waals surface area contributed by atoms with Crippen LogP contribution >= 0.6 is 0 Å². The van der Waals surface area contributed by atoms with Gasteiger partial charge in [-0.2, -0.15) is 18.2 Å². The second-order valence-electron chi connectivity index (χ2n) is 8.52. The Morgan fingerprint density at radius 1 is 1.06 bits per heavy atom. The van der Waals surface area contributed by atoms with Gasteiger partial charge in [0.25, 0.3) is 0 Å². The van der Waals surface area contributed by atoms with Crippen LogP contribution in [0.15, 0.2) is 24.4 Å². The molecule has 0 spiro atoms. The number of aromatic nitrogens is 3. The number of alkyl halides is 3. The lowest BCUT2D eigenvalue weighted by Crippen LogP contribution is -2.49. The average Bonchev–Trinajstić information content (AvgIpc) is 3.26. The van der Waals surface area contributed by atoms with E-state index < -0.39 is 46.4 Å². The van der Waals surface area contributed by atoms with Crippen molar-refractivity contribution in [1.29, 1.82) is 0 Å². The SMILES string of the molecule is O=C(O)N1CC2CCC(C1)C2Nc1nc2c(-c3ccc(F)c(F)c3F)cc(C(F)(F)F)cn2n1. The van der Waals surface area contributed by atoms with Crippen molar-refractivity contribution in [1.82, 2.24) is 19.5 Å². The smallest absolute Gasteiger partial charge is 0.417 e. The van der Waals surface area contributed by atoms with Gasteiger partial charge in [0.1, 0.15) is 0 Å². The summed E-state index contributed by atoms with van der Waals surface area (Å²) in [4.78, 5) is 16.9. The molecular weight excluding hydrogens is 468 g/mol. The highest BCUT2D eigenvalue weighted by Crippen LogP contribution is 2.39. The number of nitrogens with zero attached hydrogens (tertiary/aromatic N) is 4. The van der Waals surface area contributed by atoms with Gasteiger partial charge in [0.15, 0.2) is 23.1 Å². The number of carboxylic acid groups (broad SMARTS) is 1. The molecule has 13 heteroatoms. The largest absolute Gasteiger partial charge is 0.465 e.